The van der Waals surface area contributed by atoms with Gasteiger partial charge in [0.2, 0.25) is 0 Å². The summed E-state index contributed by atoms with van der Waals surface area (Å²) in [6.45, 7) is -3.15. The van der Waals surface area contributed by atoms with Gasteiger partial charge in [-0.1, -0.05) is 17.7 Å². The molecule has 0 saturated carbocycles. The highest BCUT2D eigenvalue weighted by Gasteiger charge is 2.61. The van der Waals surface area contributed by atoms with Crippen LogP contribution >= 0.6 is 0 Å². The summed E-state index contributed by atoms with van der Waals surface area (Å²) in [4.78, 5) is -0.226. The number of aliphatic hydroxyl groups excluding tert-OH is 23. The standard InChI is InChI=1S/C57H90O41S/c1-14-4-15(2)49(16(3)5-14)99(81,82)13-24-48-32(72)40(80)57(90-24)97-47-23(12-64)88-55(38(78)30(47)70)95-45-21(10-62)86-53(36(76)28(45)68)93-43-19(8-60)84-51(34(74)26(43)66)91-41-17(6-58)83-50(33(73)25(41)65)92-42-18(7-59)85-52(35(75)27(42)67)94-44-20(9-61)87-54(37(77)29(44)69)96-46-22(11-63)89-56(98-48)39(79)31(46)71/h4-5,17-48,50-80H,6-13H2,1-3H3/t17-,18-,19-,20-,21-,22-,23-,24-,25-,26-,27-,28-,29-,30-,31-,32-,33-,34-,35-,36-,37-,38-,39-,40-,41-,42-,43-,44-,45-,46-,47-,48-,50-,51-,52-,53-,54-,55-,56-,57-/m1/s1. The maximum Gasteiger partial charge on any atom is 0.187 e. The molecule has 0 amide bonds. The van der Waals surface area contributed by atoms with Crippen molar-refractivity contribution in [3.63, 3.8) is 0 Å². The third-order valence-electron chi connectivity index (χ3n) is 19.0. The summed E-state index contributed by atoms with van der Waals surface area (Å²) in [5, 5.41) is 259. The lowest BCUT2D eigenvalue weighted by atomic mass is 9.95. The van der Waals surface area contributed by atoms with Gasteiger partial charge in [0.05, 0.1) is 56.9 Å². The number of benzene rings is 1. The minimum atomic E-state index is -4.62. The lowest BCUT2D eigenvalue weighted by Crippen LogP contribution is -2.69. The third kappa shape index (κ3) is 15.8. The summed E-state index contributed by atoms with van der Waals surface area (Å²) in [6, 6.07) is 3.09. The van der Waals surface area contributed by atoms with E-state index in [1.807, 2.05) is 0 Å². The molecule has 30 heterocycles. The molecule has 1 aromatic carbocycles. The zero-order valence-corrected chi connectivity index (χ0v) is 53.8. The first kappa shape index (κ1) is 79.2. The quantitative estimate of drug-likeness (QED) is 0.103. The van der Waals surface area contributed by atoms with Crippen molar-refractivity contribution in [2.45, 2.75) is 271 Å². The van der Waals surface area contributed by atoms with E-state index in [4.69, 9.17) is 75.8 Å². The second-order valence-electron chi connectivity index (χ2n) is 25.8. The van der Waals surface area contributed by atoms with Gasteiger partial charge in [0.1, 0.15) is 195 Å². The fourth-order valence-electron chi connectivity index (χ4n) is 13.8. The van der Waals surface area contributed by atoms with Gasteiger partial charge in [0.25, 0.3) is 0 Å². The lowest BCUT2D eigenvalue weighted by Gasteiger charge is -2.50. The summed E-state index contributed by atoms with van der Waals surface area (Å²) in [6.07, 6.45) is -84.9. The molecule has 0 aromatic heterocycles. The average molecular weight is 1460 g/mol. The van der Waals surface area contributed by atoms with Crippen molar-refractivity contribution in [1.82, 2.24) is 0 Å². The van der Waals surface area contributed by atoms with Crippen LogP contribution in [-0.2, 0) is 85.6 Å². The van der Waals surface area contributed by atoms with E-state index in [0.29, 0.717) is 5.56 Å². The molecule has 23 N–H and O–H groups in total. The Kier molecular flexibility index (Phi) is 26.2. The number of hydrogen-bond donors (Lipinski definition) is 23. The van der Waals surface area contributed by atoms with Crippen LogP contribution in [0, 0.1) is 20.8 Å². The maximum absolute atomic E-state index is 14.6. The van der Waals surface area contributed by atoms with Crippen molar-refractivity contribution >= 4 is 9.84 Å². The van der Waals surface area contributed by atoms with E-state index in [1.54, 1.807) is 19.1 Å². The van der Waals surface area contributed by atoms with E-state index in [2.05, 4.69) is 0 Å². The molecule has 30 aliphatic heterocycles. The van der Waals surface area contributed by atoms with Gasteiger partial charge >= 0.3 is 0 Å². The van der Waals surface area contributed by atoms with Crippen LogP contribution in [0.1, 0.15) is 16.7 Å². The Morgan fingerprint density at radius 2 is 0.404 bits per heavy atom. The normalized spacial score (nSPS) is 50.7. The fourth-order valence-corrected chi connectivity index (χ4v) is 15.8. The first-order chi connectivity index (χ1) is 46.9. The van der Waals surface area contributed by atoms with Gasteiger partial charge in [0, 0.05) is 0 Å². The Balaban J connectivity index is 0.951. The molecular weight excluding hydrogens is 1370 g/mol. The number of aliphatic hydroxyl groups is 23. The predicted molar refractivity (Wildman–Crippen MR) is 307 cm³/mol. The molecule has 30 fully saturated rings. The highest BCUT2D eigenvalue weighted by molar-refractivity contribution is 7.91. The molecule has 30 aliphatic rings. The topological polar surface area (TPSA) is 647 Å². The van der Waals surface area contributed by atoms with E-state index in [-0.39, 0.29) is 16.0 Å². The first-order valence-electron chi connectivity index (χ1n) is 31.8. The number of hydrogen-bond acceptors (Lipinski definition) is 41. The zero-order chi connectivity index (χ0) is 72.3. The van der Waals surface area contributed by atoms with Crippen molar-refractivity contribution in [2.75, 3.05) is 52.0 Å². The zero-order valence-electron chi connectivity index (χ0n) is 52.9. The van der Waals surface area contributed by atoms with Crippen LogP contribution in [0.15, 0.2) is 17.0 Å². The SMILES string of the molecule is Cc1cc(C)c(S(=O)(=O)C[C@H]2O[C@@H]3O[C@H]4[C@H](O)[C@@H](O)[C@@H](O[C@H]5[C@H](O)[C@@H](O)[C@@H](O[C@H]6[C@H](O)[C@@H](O)[C@@H](O[C@H]7[C@H](O)[C@@H](O)[C@@H](O[C@H]8[C@H](O)[C@@H](O)[C@@H](O[C@H]9[C@H](O)[C@@H](O)[C@@H](O[C@H]%10[C@H](O)[C@@H](O)[C@@H](O[C@H]2[C@H](O)[C@H]3O)O[C@@H]%10CO)O[C@@H]9CO)O[C@@H]8CO)O[C@@H]7CO)O[C@@H]6CO)O[C@@H]5CO)O[C@@H]4CO)c(C)c1. The number of ether oxygens (including phenoxy) is 16. The number of rotatable bonds is 10. The minimum Gasteiger partial charge on any atom is -0.394 e. The summed E-state index contributed by atoms with van der Waals surface area (Å²) >= 11 is 0. The van der Waals surface area contributed by atoms with Gasteiger partial charge in [0.15, 0.2) is 60.2 Å². The Bertz CT molecular complexity index is 2830. The molecule has 40 atom stereocenters. The van der Waals surface area contributed by atoms with Gasteiger partial charge in [-0.25, -0.2) is 8.42 Å². The van der Waals surface area contributed by atoms with Crippen LogP contribution in [0.4, 0.5) is 0 Å². The van der Waals surface area contributed by atoms with Crippen LogP contribution in [0.25, 0.3) is 0 Å². The molecule has 0 spiro atoms. The van der Waals surface area contributed by atoms with Gasteiger partial charge in [-0.05, 0) is 31.9 Å². The highest BCUT2D eigenvalue weighted by atomic mass is 32.2. The van der Waals surface area contributed by atoms with E-state index in [0.717, 1.165) is 0 Å². The molecule has 0 radical (unpaired) electrons. The van der Waals surface area contributed by atoms with Gasteiger partial charge in [-0.15, -0.1) is 0 Å². The average Bonchev–Trinajstić information content (AvgIpc) is 0.774. The molecular formula is C57H90O41S. The second-order valence-corrected chi connectivity index (χ2v) is 27.8. The number of sulfone groups is 1. The van der Waals surface area contributed by atoms with Crippen LogP contribution in [0.3, 0.4) is 0 Å². The van der Waals surface area contributed by atoms with E-state index >= 15 is 0 Å². The van der Waals surface area contributed by atoms with Crippen molar-refractivity contribution in [3.05, 3.63) is 28.8 Å². The van der Waals surface area contributed by atoms with Crippen LogP contribution in [0.5, 0.6) is 0 Å². The van der Waals surface area contributed by atoms with E-state index in [9.17, 15) is 126 Å². The third-order valence-corrected chi connectivity index (χ3v) is 21.0. The highest BCUT2D eigenvalue weighted by Crippen LogP contribution is 2.41. The van der Waals surface area contributed by atoms with Crippen LogP contribution in [0.2, 0.25) is 0 Å². The van der Waals surface area contributed by atoms with E-state index < -0.39 is 307 Å². The minimum absolute atomic E-state index is 0.226. The van der Waals surface area contributed by atoms with Crippen molar-refractivity contribution in [3.8, 4) is 0 Å². The molecule has 570 valence electrons. The molecule has 0 aliphatic carbocycles. The predicted octanol–water partition coefficient (Wildman–Crippen LogP) is -15.0. The number of aryl methyl sites for hydroxylation is 3. The Labute approximate surface area is 562 Å². The summed E-state index contributed by atoms with van der Waals surface area (Å²) < 4.78 is 122. The Hall–Kier alpha value is -2.39. The first-order valence-corrected chi connectivity index (χ1v) is 33.5. The molecule has 0 unspecified atom stereocenters. The fraction of sp³-hybridized carbons (Fsp3) is 0.895. The smallest absolute Gasteiger partial charge is 0.187 e. The molecule has 41 nitrogen and oxygen atoms in total. The van der Waals surface area contributed by atoms with Crippen LogP contribution < -0.4 is 0 Å². The van der Waals surface area contributed by atoms with E-state index in [1.165, 1.54) is 13.8 Å². The summed E-state index contributed by atoms with van der Waals surface area (Å²) in [5.74, 6) is -1.17. The van der Waals surface area contributed by atoms with Gasteiger partial charge in [-0.2, -0.15) is 0 Å². The second kappa shape index (κ2) is 32.8. The lowest BCUT2D eigenvalue weighted by molar-refractivity contribution is -0.403. The van der Waals surface area contributed by atoms with Crippen molar-refractivity contribution in [2.24, 2.45) is 0 Å². The largest absolute Gasteiger partial charge is 0.394 e. The van der Waals surface area contributed by atoms with Gasteiger partial charge < -0.3 is 193 Å². The van der Waals surface area contributed by atoms with Crippen molar-refractivity contribution < 1.29 is 202 Å². The van der Waals surface area contributed by atoms with Crippen LogP contribution in [-0.4, -0.2) is 424 Å². The molecule has 1 aromatic rings. The summed E-state index contributed by atoms with van der Waals surface area (Å²) in [7, 11) is -4.62. The molecule has 16 bridgehead atoms. The molecule has 30 saturated heterocycles. The Morgan fingerprint density at radius 3 is 0.566 bits per heavy atom. The monoisotopic (exact) mass is 1460 g/mol. The van der Waals surface area contributed by atoms with Crippen molar-refractivity contribution in [1.29, 1.82) is 0 Å². The Morgan fingerprint density at radius 1 is 0.253 bits per heavy atom. The molecule has 31 rings (SSSR count). The maximum atomic E-state index is 14.6. The van der Waals surface area contributed by atoms with Gasteiger partial charge in [-0.3, -0.25) is 0 Å². The molecule has 99 heavy (non-hydrogen) atoms. The molecule has 42 heteroatoms. The summed E-state index contributed by atoms with van der Waals surface area (Å²) in [5.41, 5.74) is 1.15.